The van der Waals surface area contributed by atoms with Gasteiger partial charge in [-0.3, -0.25) is 4.79 Å². The van der Waals surface area contributed by atoms with Crippen LogP contribution in [0.25, 0.3) is 0 Å². The van der Waals surface area contributed by atoms with Crippen LogP contribution in [0.3, 0.4) is 0 Å². The van der Waals surface area contributed by atoms with E-state index in [4.69, 9.17) is 5.11 Å². The van der Waals surface area contributed by atoms with Crippen LogP contribution in [-0.4, -0.2) is 22.0 Å². The molecule has 2 aromatic carbocycles. The number of aromatic hydroxyl groups is 1. The van der Waals surface area contributed by atoms with Gasteiger partial charge in [-0.1, -0.05) is 37.3 Å². The topological polar surface area (TPSA) is 74.6 Å². The summed E-state index contributed by atoms with van der Waals surface area (Å²) < 4.78 is 0. The number of hydrogen-bond donors (Lipinski definition) is 2. The minimum absolute atomic E-state index is 0.140. The summed E-state index contributed by atoms with van der Waals surface area (Å²) in [5.74, 6) is -2.01. The molecule has 0 aliphatic heterocycles. The van der Waals surface area contributed by atoms with Gasteiger partial charge in [0.15, 0.2) is 5.78 Å². The maximum Gasteiger partial charge on any atom is 0.339 e. The maximum absolute atomic E-state index is 12.7. The fourth-order valence-corrected chi connectivity index (χ4v) is 2.54. The number of carboxylic acids is 1. The van der Waals surface area contributed by atoms with Crippen LogP contribution >= 0.6 is 0 Å². The van der Waals surface area contributed by atoms with Crippen molar-refractivity contribution in [3.63, 3.8) is 0 Å². The van der Waals surface area contributed by atoms with Gasteiger partial charge in [-0.05, 0) is 36.6 Å². The zero-order valence-electron chi connectivity index (χ0n) is 12.5. The predicted molar refractivity (Wildman–Crippen MR) is 83.6 cm³/mol. The molecule has 0 saturated carbocycles. The van der Waals surface area contributed by atoms with Gasteiger partial charge in [0.2, 0.25) is 0 Å². The van der Waals surface area contributed by atoms with Crippen molar-refractivity contribution in [2.45, 2.75) is 26.2 Å². The summed E-state index contributed by atoms with van der Waals surface area (Å²) in [6.45, 7) is 3.50. The molecular formula is C18H18O4. The number of carbonyl (C=O) groups excluding carboxylic acids is 1. The molecular weight excluding hydrogens is 280 g/mol. The smallest absolute Gasteiger partial charge is 0.339 e. The molecule has 1 atom stereocenters. The van der Waals surface area contributed by atoms with E-state index in [0.29, 0.717) is 17.5 Å². The van der Waals surface area contributed by atoms with Crippen molar-refractivity contribution in [3.8, 4) is 5.75 Å². The quantitative estimate of drug-likeness (QED) is 0.824. The molecule has 114 valence electrons. The Morgan fingerprint density at radius 1 is 1.14 bits per heavy atom. The van der Waals surface area contributed by atoms with Crippen LogP contribution in [0.5, 0.6) is 5.75 Å². The molecule has 4 nitrogen and oxygen atoms in total. The molecule has 2 aromatic rings. The van der Waals surface area contributed by atoms with Crippen molar-refractivity contribution in [1.82, 2.24) is 0 Å². The molecule has 0 heterocycles. The molecule has 0 radical (unpaired) electrons. The van der Waals surface area contributed by atoms with Crippen LogP contribution in [0.2, 0.25) is 0 Å². The standard InChI is InChI=1S/C18H18O4/c1-3-14(12-7-5-4-6-8-12)17(20)13-9-11(2)16(19)15(10-13)18(21)22/h4-10,14,19H,3H2,1-2H3,(H,21,22). The molecule has 0 fully saturated rings. The third kappa shape index (κ3) is 3.01. The summed E-state index contributed by atoms with van der Waals surface area (Å²) in [7, 11) is 0. The van der Waals surface area contributed by atoms with E-state index in [9.17, 15) is 14.7 Å². The van der Waals surface area contributed by atoms with Crippen molar-refractivity contribution >= 4 is 11.8 Å². The SMILES string of the molecule is CCC(C(=O)c1cc(C)c(O)c(C(=O)O)c1)c1ccccc1. The molecule has 0 aliphatic carbocycles. The second-order valence-electron chi connectivity index (χ2n) is 5.23. The van der Waals surface area contributed by atoms with E-state index in [1.165, 1.54) is 12.1 Å². The average Bonchev–Trinajstić information content (AvgIpc) is 2.51. The van der Waals surface area contributed by atoms with Gasteiger partial charge >= 0.3 is 5.97 Å². The third-order valence-corrected chi connectivity index (χ3v) is 3.74. The Labute approximate surface area is 129 Å². The van der Waals surface area contributed by atoms with Crippen LogP contribution in [0, 0.1) is 6.92 Å². The second-order valence-corrected chi connectivity index (χ2v) is 5.23. The Balaban J connectivity index is 2.46. The highest BCUT2D eigenvalue weighted by Gasteiger charge is 2.23. The lowest BCUT2D eigenvalue weighted by molar-refractivity contribution is 0.0693. The van der Waals surface area contributed by atoms with E-state index in [1.54, 1.807) is 6.92 Å². The summed E-state index contributed by atoms with van der Waals surface area (Å²) in [5.41, 5.74) is 1.35. The van der Waals surface area contributed by atoms with Crippen molar-refractivity contribution < 1.29 is 19.8 Å². The highest BCUT2D eigenvalue weighted by atomic mass is 16.4. The summed E-state index contributed by atoms with van der Waals surface area (Å²) in [5, 5.41) is 18.9. The largest absolute Gasteiger partial charge is 0.507 e. The Kier molecular flexibility index (Phi) is 4.61. The van der Waals surface area contributed by atoms with Gasteiger partial charge in [-0.15, -0.1) is 0 Å². The number of carboxylic acid groups (broad SMARTS) is 1. The second kappa shape index (κ2) is 6.43. The molecule has 0 saturated heterocycles. The van der Waals surface area contributed by atoms with Gasteiger partial charge in [0.25, 0.3) is 0 Å². The first-order valence-corrected chi connectivity index (χ1v) is 7.11. The number of Topliss-reactive ketones (excluding diaryl/α,β-unsaturated/α-hetero) is 1. The van der Waals surface area contributed by atoms with Gasteiger partial charge in [-0.25, -0.2) is 4.79 Å². The van der Waals surface area contributed by atoms with Crippen LogP contribution in [0.4, 0.5) is 0 Å². The van der Waals surface area contributed by atoms with E-state index >= 15 is 0 Å². The normalized spacial score (nSPS) is 11.9. The molecule has 1 unspecified atom stereocenters. The summed E-state index contributed by atoms with van der Waals surface area (Å²) in [4.78, 5) is 23.9. The zero-order valence-corrected chi connectivity index (χ0v) is 12.5. The summed E-state index contributed by atoms with van der Waals surface area (Å²) in [6.07, 6.45) is 0.616. The highest BCUT2D eigenvalue weighted by Crippen LogP contribution is 2.29. The molecule has 0 aliphatic rings. The minimum atomic E-state index is -1.25. The maximum atomic E-state index is 12.7. The van der Waals surface area contributed by atoms with Crippen LogP contribution in [0.15, 0.2) is 42.5 Å². The van der Waals surface area contributed by atoms with E-state index < -0.39 is 5.97 Å². The van der Waals surface area contributed by atoms with E-state index in [0.717, 1.165) is 5.56 Å². The van der Waals surface area contributed by atoms with Crippen LogP contribution < -0.4 is 0 Å². The van der Waals surface area contributed by atoms with Crippen LogP contribution in [-0.2, 0) is 0 Å². The molecule has 22 heavy (non-hydrogen) atoms. The monoisotopic (exact) mass is 298 g/mol. The first-order valence-electron chi connectivity index (χ1n) is 7.11. The molecule has 2 rings (SSSR count). The van der Waals surface area contributed by atoms with Crippen molar-refractivity contribution in [1.29, 1.82) is 0 Å². The Morgan fingerprint density at radius 2 is 1.77 bits per heavy atom. The van der Waals surface area contributed by atoms with Crippen molar-refractivity contribution in [3.05, 3.63) is 64.7 Å². The van der Waals surface area contributed by atoms with Gasteiger partial charge in [0, 0.05) is 11.5 Å². The first-order chi connectivity index (χ1) is 10.5. The number of hydrogen-bond acceptors (Lipinski definition) is 3. The zero-order chi connectivity index (χ0) is 16.3. The van der Waals surface area contributed by atoms with E-state index in [2.05, 4.69) is 0 Å². The Bertz CT molecular complexity index is 705. The number of aromatic carboxylic acids is 1. The summed E-state index contributed by atoms with van der Waals surface area (Å²) in [6, 6.07) is 12.2. The van der Waals surface area contributed by atoms with E-state index in [1.807, 2.05) is 37.3 Å². The van der Waals surface area contributed by atoms with Crippen molar-refractivity contribution in [2.75, 3.05) is 0 Å². The van der Waals surface area contributed by atoms with Crippen LogP contribution in [0.1, 0.15) is 51.1 Å². The lowest BCUT2D eigenvalue weighted by Gasteiger charge is -2.15. The summed E-state index contributed by atoms with van der Waals surface area (Å²) >= 11 is 0. The molecule has 4 heteroatoms. The fraction of sp³-hybridized carbons (Fsp3) is 0.222. The number of benzene rings is 2. The molecule has 2 N–H and O–H groups in total. The lowest BCUT2D eigenvalue weighted by Crippen LogP contribution is -2.13. The molecule has 0 aromatic heterocycles. The molecule has 0 bridgehead atoms. The number of aryl methyl sites for hydroxylation is 1. The fourth-order valence-electron chi connectivity index (χ4n) is 2.54. The van der Waals surface area contributed by atoms with Crippen molar-refractivity contribution in [2.24, 2.45) is 0 Å². The first kappa shape index (κ1) is 15.8. The number of ketones is 1. The Morgan fingerprint density at radius 3 is 2.32 bits per heavy atom. The van der Waals surface area contributed by atoms with Gasteiger partial charge < -0.3 is 10.2 Å². The minimum Gasteiger partial charge on any atom is -0.507 e. The van der Waals surface area contributed by atoms with Gasteiger partial charge in [-0.2, -0.15) is 0 Å². The predicted octanol–water partition coefficient (Wildman–Crippen LogP) is 3.78. The number of carbonyl (C=O) groups is 2. The number of rotatable bonds is 5. The highest BCUT2D eigenvalue weighted by molar-refractivity contribution is 6.03. The van der Waals surface area contributed by atoms with E-state index in [-0.39, 0.29) is 23.0 Å². The molecule has 0 spiro atoms. The van der Waals surface area contributed by atoms with Gasteiger partial charge in [0.05, 0.1) is 0 Å². The lowest BCUT2D eigenvalue weighted by atomic mass is 9.87. The number of phenols is 1. The molecule has 0 amide bonds. The third-order valence-electron chi connectivity index (χ3n) is 3.74. The van der Waals surface area contributed by atoms with Gasteiger partial charge in [0.1, 0.15) is 11.3 Å². The Hall–Kier alpha value is -2.62. The average molecular weight is 298 g/mol.